The summed E-state index contributed by atoms with van der Waals surface area (Å²) in [6.07, 6.45) is 3.56. The molecule has 17 heteroatoms. The number of pyridine rings is 1. The van der Waals surface area contributed by atoms with Crippen molar-refractivity contribution in [3.05, 3.63) is 48.1 Å². The molecule has 0 bridgehead atoms. The van der Waals surface area contributed by atoms with Gasteiger partial charge in [-0.2, -0.15) is 12.1 Å². The van der Waals surface area contributed by atoms with Crippen LogP contribution in [0.4, 0.5) is 0 Å². The van der Waals surface area contributed by atoms with Crippen molar-refractivity contribution in [3.63, 3.8) is 0 Å². The first-order chi connectivity index (χ1) is 6.70. The molecular weight excluding hydrogens is 1120 g/mol. The zero-order valence-corrected chi connectivity index (χ0v) is 38.0. The summed E-state index contributed by atoms with van der Waals surface area (Å²) < 4.78 is 0. The molecular formula is C13H10ArIrNV14-5. The Kier molecular flexibility index (Phi) is 188. The smallest absolute Gasteiger partial charge is 0 e. The van der Waals surface area contributed by atoms with E-state index in [9.17, 15) is 0 Å². The van der Waals surface area contributed by atoms with E-state index in [0.29, 0.717) is 6.42 Å². The van der Waals surface area contributed by atoms with Gasteiger partial charge in [-0.05, 0) is 0 Å². The SMILES string of the molecule is [Ar].[CH2-]Cc1[c-]c2[c-]c(C)c(C)[c-]c2[c-]n1.[Ir].[V].[V].[V].[V].[V].[V].[V].[V].[V].[V].[V].[V].[V].[V]. The van der Waals surface area contributed by atoms with Gasteiger partial charge >= 0.3 is 0 Å². The maximum Gasteiger partial charge on any atom is 0 e. The van der Waals surface area contributed by atoms with Gasteiger partial charge in [-0.25, -0.2) is 0 Å². The average Bonchev–Trinajstić information content (AvgIpc) is 2.19. The maximum absolute atomic E-state index is 4.10. The van der Waals surface area contributed by atoms with E-state index in [1.165, 1.54) is 0 Å². The summed E-state index contributed by atoms with van der Waals surface area (Å²) in [5.74, 6) is 0. The summed E-state index contributed by atoms with van der Waals surface area (Å²) in [6.45, 7) is 7.79. The zero-order valence-electron chi connectivity index (χ0n) is 15.3. The van der Waals surface area contributed by atoms with Gasteiger partial charge in [0.2, 0.25) is 0 Å². The number of nitrogens with zero attached hydrogens (tertiary/aromatic N) is 1. The normalized spacial score (nSPS) is 5.03. The third-order valence-corrected chi connectivity index (χ3v) is 2.25. The molecule has 30 heavy (non-hydrogen) atoms. The van der Waals surface area contributed by atoms with E-state index in [0.717, 1.165) is 27.6 Å². The van der Waals surface area contributed by atoms with Gasteiger partial charge in [0.1, 0.15) is 0 Å². The van der Waals surface area contributed by atoms with Crippen LogP contribution in [0.5, 0.6) is 0 Å². The molecule has 0 aliphatic carbocycles. The number of hydrogen-bond acceptors (Lipinski definition) is 1. The molecule has 0 amide bonds. The number of rotatable bonds is 1. The van der Waals surface area contributed by atoms with Crippen molar-refractivity contribution in [2.75, 3.05) is 0 Å². The predicted octanol–water partition coefficient (Wildman–Crippen LogP) is 2.39. The minimum Gasteiger partial charge on any atom is -0.565 e. The van der Waals surface area contributed by atoms with Gasteiger partial charge in [-0.3, -0.25) is 11.8 Å². The molecule has 2 rings (SSSR count). The minimum absolute atomic E-state index is 0. The molecule has 159 valence electrons. The Morgan fingerprint density at radius 2 is 0.900 bits per heavy atom. The van der Waals surface area contributed by atoms with E-state index in [1.54, 1.807) is 0 Å². The quantitative estimate of drug-likeness (QED) is 0.401. The molecule has 0 N–H and O–H groups in total. The van der Waals surface area contributed by atoms with Crippen LogP contribution in [0.25, 0.3) is 10.8 Å². The first kappa shape index (κ1) is 97.9. The molecule has 0 aliphatic rings. The van der Waals surface area contributed by atoms with Crippen molar-refractivity contribution in [3.8, 4) is 0 Å². The Morgan fingerprint density at radius 3 is 1.20 bits per heavy atom. The standard InChI is InChI=1S/C13H10N.Ar.Ir.14V/c1-4-13-7-11-5-9(2)10(3)6-12(11)8-14-13;;;;;;;;;;;;;;;;/h1,4H2,2-3H3;;;;;;;;;;;;;;;;/q-5;;;;;;;;;;;;;;;;. The topological polar surface area (TPSA) is 12.9 Å². The third kappa shape index (κ3) is 36.7. The van der Waals surface area contributed by atoms with Crippen LogP contribution in [0.15, 0.2) is 0 Å². The Labute approximate surface area is 393 Å². The second-order valence-electron chi connectivity index (χ2n) is 3.30. The van der Waals surface area contributed by atoms with Gasteiger partial charge < -0.3 is 46.4 Å². The molecule has 1 aromatic heterocycles. The van der Waals surface area contributed by atoms with Crippen LogP contribution in [-0.2, 0) is 286 Å². The summed E-state index contributed by atoms with van der Waals surface area (Å²) in [5.41, 5.74) is 3.01. The van der Waals surface area contributed by atoms with E-state index < -0.39 is 0 Å². The monoisotopic (exact) mass is 1130 g/mol. The van der Waals surface area contributed by atoms with Gasteiger partial charge in [0.25, 0.3) is 0 Å². The summed E-state index contributed by atoms with van der Waals surface area (Å²) in [7, 11) is 0. The fraction of sp³-hybridized carbons (Fsp3) is 0.231. The molecule has 0 saturated carbocycles. The molecule has 1 aromatic carbocycles. The van der Waals surface area contributed by atoms with E-state index in [2.05, 4.69) is 36.3 Å². The summed E-state index contributed by atoms with van der Waals surface area (Å²) in [5, 5.41) is 1.76. The first-order valence-corrected chi connectivity index (χ1v) is 4.55. The van der Waals surface area contributed by atoms with Crippen LogP contribution in [-0.4, -0.2) is 4.98 Å². The largest absolute Gasteiger partial charge is 0.565 e. The van der Waals surface area contributed by atoms with Gasteiger partial charge in [-0.1, -0.05) is 6.92 Å². The molecule has 1 nitrogen and oxygen atoms in total. The Balaban J connectivity index is -0.0000000108. The van der Waals surface area contributed by atoms with Crippen molar-refractivity contribution in [1.82, 2.24) is 4.98 Å². The van der Waals surface area contributed by atoms with Crippen LogP contribution in [0, 0.1) is 82.9 Å². The molecule has 0 unspecified atom stereocenters. The first-order valence-electron chi connectivity index (χ1n) is 4.55. The molecule has 0 atom stereocenters. The Morgan fingerprint density at radius 1 is 0.600 bits per heavy atom. The van der Waals surface area contributed by atoms with Crippen molar-refractivity contribution < 1.29 is 318 Å². The number of aromatic nitrogens is 1. The average molecular weight is 1130 g/mol. The van der Waals surface area contributed by atoms with E-state index in [1.807, 2.05) is 13.8 Å². The number of hydrogen-bond donors (Lipinski definition) is 0. The second-order valence-corrected chi connectivity index (χ2v) is 3.30. The molecule has 0 saturated heterocycles. The molecule has 0 aliphatic heterocycles. The zero-order chi connectivity index (χ0) is 10.1. The van der Waals surface area contributed by atoms with Gasteiger partial charge in [0.05, 0.1) is 0 Å². The van der Waals surface area contributed by atoms with E-state index >= 15 is 0 Å². The summed E-state index contributed by atoms with van der Waals surface area (Å²) in [6, 6.07) is 9.61. The summed E-state index contributed by atoms with van der Waals surface area (Å²) >= 11 is 0. The fourth-order valence-electron chi connectivity index (χ4n) is 1.28. The van der Waals surface area contributed by atoms with Crippen LogP contribution in [0.3, 0.4) is 0 Å². The number of fused-ring (bicyclic) bond motifs is 1. The Hall–Kier alpha value is 8.72. The molecule has 15 radical (unpaired) electrons. The van der Waals surface area contributed by atoms with Crippen LogP contribution in [0.1, 0.15) is 16.8 Å². The second kappa shape index (κ2) is 57.6. The maximum atomic E-state index is 4.10. The molecule has 1 heterocycles. The van der Waals surface area contributed by atoms with Crippen molar-refractivity contribution >= 4 is 10.8 Å². The van der Waals surface area contributed by atoms with E-state index in [-0.39, 0.29) is 318 Å². The van der Waals surface area contributed by atoms with Crippen LogP contribution in [0.2, 0.25) is 0 Å². The van der Waals surface area contributed by atoms with Crippen LogP contribution < -0.4 is 0 Å². The van der Waals surface area contributed by atoms with Crippen LogP contribution >= 0.6 is 0 Å². The van der Waals surface area contributed by atoms with Crippen molar-refractivity contribution in [1.29, 1.82) is 0 Å². The van der Waals surface area contributed by atoms with Gasteiger partial charge in [0.15, 0.2) is 0 Å². The minimum atomic E-state index is 0. The van der Waals surface area contributed by atoms with Gasteiger partial charge in [-0.15, -0.1) is 6.92 Å². The molecule has 0 spiro atoms. The van der Waals surface area contributed by atoms with E-state index in [4.69, 9.17) is 0 Å². The number of benzene rings is 1. The van der Waals surface area contributed by atoms with Gasteiger partial charge in [0, 0.05) is 318 Å². The number of aryl methyl sites for hydroxylation is 2. The van der Waals surface area contributed by atoms with Crippen molar-refractivity contribution in [2.45, 2.75) is 20.3 Å². The summed E-state index contributed by atoms with van der Waals surface area (Å²) in [4.78, 5) is 4.10. The van der Waals surface area contributed by atoms with Crippen molar-refractivity contribution in [2.24, 2.45) is 0 Å². The molecule has 2 aromatic rings. The third-order valence-electron chi connectivity index (χ3n) is 2.25. The Bertz CT molecular complexity index is 512. The fourth-order valence-corrected chi connectivity index (χ4v) is 1.28. The predicted molar refractivity (Wildman–Crippen MR) is 55.6 cm³/mol. The molecule has 0 fully saturated rings.